The molecular formula is C10H11NO4. The number of carbonyl (C=O) groups excluding carboxylic acids is 1. The largest absolute Gasteiger partial charge is 0.486 e. The van der Waals surface area contributed by atoms with Crippen LogP contribution in [0.1, 0.15) is 13.3 Å². The van der Waals surface area contributed by atoms with Gasteiger partial charge in [-0.2, -0.15) is 0 Å². The van der Waals surface area contributed by atoms with Crippen LogP contribution in [0.3, 0.4) is 0 Å². The predicted octanol–water partition coefficient (Wildman–Crippen LogP) is 1.95. The van der Waals surface area contributed by atoms with E-state index in [2.05, 4.69) is 0 Å². The Bertz CT molecular complexity index is 375. The van der Waals surface area contributed by atoms with Gasteiger partial charge in [0, 0.05) is 12.5 Å². The van der Waals surface area contributed by atoms with E-state index >= 15 is 0 Å². The lowest BCUT2D eigenvalue weighted by molar-refractivity contribution is -0.385. The minimum Gasteiger partial charge on any atom is -0.486 e. The second-order valence-electron chi connectivity index (χ2n) is 3.03. The Morgan fingerprint density at radius 1 is 1.47 bits per heavy atom. The highest BCUT2D eigenvalue weighted by atomic mass is 16.6. The lowest BCUT2D eigenvalue weighted by atomic mass is 10.3. The van der Waals surface area contributed by atoms with E-state index < -0.39 is 4.92 Å². The fraction of sp³-hybridized carbons (Fsp3) is 0.300. The molecule has 0 atom stereocenters. The quantitative estimate of drug-likeness (QED) is 0.549. The maximum Gasteiger partial charge on any atom is 0.310 e. The van der Waals surface area contributed by atoms with Crippen molar-refractivity contribution < 1.29 is 14.5 Å². The first-order chi connectivity index (χ1) is 7.11. The number of Topliss-reactive ketones (excluding diaryl/α,β-unsaturated/α-hetero) is 1. The Morgan fingerprint density at radius 2 is 2.13 bits per heavy atom. The number of hydrogen-bond donors (Lipinski definition) is 0. The highest BCUT2D eigenvalue weighted by Crippen LogP contribution is 2.25. The van der Waals surface area contributed by atoms with Gasteiger partial charge >= 0.3 is 5.69 Å². The summed E-state index contributed by atoms with van der Waals surface area (Å²) < 4.78 is 5.15. The second kappa shape index (κ2) is 5.09. The number of ketones is 1. The van der Waals surface area contributed by atoms with Gasteiger partial charge in [0.2, 0.25) is 0 Å². The minimum absolute atomic E-state index is 0.00594. The molecule has 0 N–H and O–H groups in total. The molecular weight excluding hydrogens is 198 g/mol. The molecule has 0 unspecified atom stereocenters. The second-order valence-corrected chi connectivity index (χ2v) is 3.03. The summed E-state index contributed by atoms with van der Waals surface area (Å²) in [5, 5.41) is 10.6. The summed E-state index contributed by atoms with van der Waals surface area (Å²) in [5.41, 5.74) is -0.0824. The number of nitrogens with zero attached hydrogens (tertiary/aromatic N) is 1. The molecule has 0 aromatic heterocycles. The number of hydrogen-bond acceptors (Lipinski definition) is 4. The standard InChI is InChI=1S/C10H11NO4/c1-8(12)6-7-15-10-5-3-2-4-9(10)11(13)14/h2-5H,6-7H2,1H3. The van der Waals surface area contributed by atoms with Crippen LogP contribution in [-0.2, 0) is 4.79 Å². The van der Waals surface area contributed by atoms with Gasteiger partial charge in [0.1, 0.15) is 5.78 Å². The van der Waals surface area contributed by atoms with Gasteiger partial charge in [0.25, 0.3) is 0 Å². The van der Waals surface area contributed by atoms with E-state index in [1.54, 1.807) is 12.1 Å². The summed E-state index contributed by atoms with van der Waals surface area (Å²) >= 11 is 0. The van der Waals surface area contributed by atoms with Crippen LogP contribution < -0.4 is 4.74 Å². The topological polar surface area (TPSA) is 69.4 Å². The molecule has 0 fully saturated rings. The molecule has 1 rings (SSSR count). The number of benzene rings is 1. The third-order valence-corrected chi connectivity index (χ3v) is 1.77. The van der Waals surface area contributed by atoms with Crippen molar-refractivity contribution >= 4 is 11.5 Å². The normalized spacial score (nSPS) is 9.67. The maximum atomic E-state index is 10.6. The minimum atomic E-state index is -0.511. The molecule has 80 valence electrons. The molecule has 5 nitrogen and oxygen atoms in total. The van der Waals surface area contributed by atoms with Crippen molar-refractivity contribution in [2.24, 2.45) is 0 Å². The van der Waals surface area contributed by atoms with Crippen LogP contribution in [0.5, 0.6) is 5.75 Å². The van der Waals surface area contributed by atoms with Gasteiger partial charge in [-0.15, -0.1) is 0 Å². The summed E-state index contributed by atoms with van der Waals surface area (Å²) in [5.74, 6) is 0.192. The predicted molar refractivity (Wildman–Crippen MR) is 53.9 cm³/mol. The van der Waals surface area contributed by atoms with Gasteiger partial charge in [0.15, 0.2) is 5.75 Å². The Labute approximate surface area is 86.8 Å². The van der Waals surface area contributed by atoms with Crippen molar-refractivity contribution in [3.8, 4) is 5.75 Å². The summed E-state index contributed by atoms with van der Waals surface area (Å²) in [6, 6.07) is 6.09. The van der Waals surface area contributed by atoms with E-state index in [0.29, 0.717) is 0 Å². The smallest absolute Gasteiger partial charge is 0.310 e. The average molecular weight is 209 g/mol. The first-order valence-corrected chi connectivity index (χ1v) is 4.47. The molecule has 5 heteroatoms. The fourth-order valence-electron chi connectivity index (χ4n) is 1.03. The van der Waals surface area contributed by atoms with Gasteiger partial charge < -0.3 is 4.74 Å². The Balaban J connectivity index is 2.67. The molecule has 0 aliphatic heterocycles. The van der Waals surface area contributed by atoms with Crippen molar-refractivity contribution in [1.82, 2.24) is 0 Å². The monoisotopic (exact) mass is 209 g/mol. The SMILES string of the molecule is CC(=O)CCOc1ccccc1[N+](=O)[O-]. The van der Waals surface area contributed by atoms with Crippen LogP contribution >= 0.6 is 0 Å². The molecule has 0 heterocycles. The number of carbonyl (C=O) groups is 1. The highest BCUT2D eigenvalue weighted by Gasteiger charge is 2.13. The number of rotatable bonds is 5. The van der Waals surface area contributed by atoms with Crippen LogP contribution in [0.25, 0.3) is 0 Å². The molecule has 0 amide bonds. The molecule has 0 aliphatic carbocycles. The first-order valence-electron chi connectivity index (χ1n) is 4.47. The summed E-state index contributed by atoms with van der Waals surface area (Å²) in [4.78, 5) is 20.7. The zero-order valence-electron chi connectivity index (χ0n) is 8.30. The summed E-state index contributed by atoms with van der Waals surface area (Å²) in [6.07, 6.45) is 0.256. The molecule has 0 saturated carbocycles. The van der Waals surface area contributed by atoms with Crippen molar-refractivity contribution in [1.29, 1.82) is 0 Å². The molecule has 0 spiro atoms. The molecule has 1 aromatic rings. The molecule has 15 heavy (non-hydrogen) atoms. The molecule has 1 aromatic carbocycles. The first kappa shape index (κ1) is 11.2. The number of ether oxygens (including phenoxy) is 1. The van der Waals surface area contributed by atoms with Gasteiger partial charge in [-0.05, 0) is 13.0 Å². The molecule has 0 bridgehead atoms. The third kappa shape index (κ3) is 3.38. The van der Waals surface area contributed by atoms with E-state index in [-0.39, 0.29) is 30.2 Å². The van der Waals surface area contributed by atoms with Gasteiger partial charge in [-0.3, -0.25) is 14.9 Å². The number of para-hydroxylation sites is 2. The summed E-state index contributed by atoms with van der Waals surface area (Å²) in [7, 11) is 0. The average Bonchev–Trinajstić information content (AvgIpc) is 2.17. The van der Waals surface area contributed by atoms with Crippen molar-refractivity contribution in [3.63, 3.8) is 0 Å². The van der Waals surface area contributed by atoms with Crippen molar-refractivity contribution in [2.75, 3.05) is 6.61 Å². The van der Waals surface area contributed by atoms with Gasteiger partial charge in [-0.25, -0.2) is 0 Å². The summed E-state index contributed by atoms with van der Waals surface area (Å²) in [6.45, 7) is 1.61. The molecule has 0 radical (unpaired) electrons. The van der Waals surface area contributed by atoms with Gasteiger partial charge in [-0.1, -0.05) is 12.1 Å². The van der Waals surface area contributed by atoms with E-state index in [0.717, 1.165) is 0 Å². The third-order valence-electron chi connectivity index (χ3n) is 1.77. The maximum absolute atomic E-state index is 10.6. The molecule has 0 aliphatic rings. The zero-order valence-corrected chi connectivity index (χ0v) is 8.30. The van der Waals surface area contributed by atoms with Crippen LogP contribution in [0.4, 0.5) is 5.69 Å². The lowest BCUT2D eigenvalue weighted by Gasteiger charge is -2.04. The van der Waals surface area contributed by atoms with Crippen LogP contribution in [0.2, 0.25) is 0 Å². The molecule has 0 saturated heterocycles. The van der Waals surface area contributed by atoms with Crippen LogP contribution in [0, 0.1) is 10.1 Å². The lowest BCUT2D eigenvalue weighted by Crippen LogP contribution is -2.04. The van der Waals surface area contributed by atoms with Crippen molar-refractivity contribution in [2.45, 2.75) is 13.3 Å². The van der Waals surface area contributed by atoms with Crippen LogP contribution in [0.15, 0.2) is 24.3 Å². The van der Waals surface area contributed by atoms with E-state index in [1.165, 1.54) is 19.1 Å². The number of nitro groups is 1. The zero-order chi connectivity index (χ0) is 11.3. The van der Waals surface area contributed by atoms with Crippen LogP contribution in [-0.4, -0.2) is 17.3 Å². The Hall–Kier alpha value is -1.91. The number of nitro benzene ring substituents is 1. The van der Waals surface area contributed by atoms with E-state index in [9.17, 15) is 14.9 Å². The van der Waals surface area contributed by atoms with Gasteiger partial charge in [0.05, 0.1) is 11.5 Å². The Morgan fingerprint density at radius 3 is 2.73 bits per heavy atom. The fourth-order valence-corrected chi connectivity index (χ4v) is 1.03. The van der Waals surface area contributed by atoms with E-state index in [1.807, 2.05) is 0 Å². The van der Waals surface area contributed by atoms with Crippen molar-refractivity contribution in [3.05, 3.63) is 34.4 Å². The highest BCUT2D eigenvalue weighted by molar-refractivity contribution is 5.75. The van der Waals surface area contributed by atoms with E-state index in [4.69, 9.17) is 4.74 Å². The Kier molecular flexibility index (Phi) is 3.79.